The molecule has 1 atom stereocenters. The van der Waals surface area contributed by atoms with Gasteiger partial charge in [-0.15, -0.1) is 12.4 Å². The lowest BCUT2D eigenvalue weighted by atomic mass is 10.1. The van der Waals surface area contributed by atoms with Gasteiger partial charge in [0.05, 0.1) is 5.56 Å². The van der Waals surface area contributed by atoms with E-state index in [0.717, 1.165) is 25.1 Å². The number of halogens is 5. The van der Waals surface area contributed by atoms with E-state index in [1.165, 1.54) is 0 Å². The van der Waals surface area contributed by atoms with Gasteiger partial charge >= 0.3 is 6.18 Å². The quantitative estimate of drug-likeness (QED) is 0.907. The standard InChI is InChI=1S/C12H14ClF3N2.ClH/c13-10-4-8(3-9(5-10)12(14,15)16)6-18-2-1-11(17)7-18;/h3-5,11H,1-2,6-7,17H2;1H. The van der Waals surface area contributed by atoms with Crippen LogP contribution in [0, 0.1) is 0 Å². The molecule has 1 heterocycles. The zero-order valence-electron chi connectivity index (χ0n) is 10.1. The van der Waals surface area contributed by atoms with Crippen LogP contribution < -0.4 is 5.73 Å². The first-order valence-corrected chi connectivity index (χ1v) is 6.07. The summed E-state index contributed by atoms with van der Waals surface area (Å²) >= 11 is 5.73. The molecule has 0 aromatic heterocycles. The zero-order valence-corrected chi connectivity index (χ0v) is 11.7. The fraction of sp³-hybridized carbons (Fsp3) is 0.500. The molecule has 1 fully saturated rings. The molecule has 0 bridgehead atoms. The Morgan fingerprint density at radius 1 is 1.32 bits per heavy atom. The van der Waals surface area contributed by atoms with Crippen LogP contribution >= 0.6 is 24.0 Å². The molecule has 0 saturated carbocycles. The van der Waals surface area contributed by atoms with Crippen LogP contribution in [0.2, 0.25) is 5.02 Å². The minimum absolute atomic E-state index is 0. The highest BCUT2D eigenvalue weighted by atomic mass is 35.5. The first-order chi connectivity index (χ1) is 8.34. The van der Waals surface area contributed by atoms with Gasteiger partial charge in [0.2, 0.25) is 0 Å². The molecular formula is C12H15Cl2F3N2. The number of rotatable bonds is 2. The molecule has 1 aliphatic rings. The molecule has 108 valence electrons. The highest BCUT2D eigenvalue weighted by Crippen LogP contribution is 2.32. The van der Waals surface area contributed by atoms with Crippen molar-refractivity contribution in [1.82, 2.24) is 4.90 Å². The highest BCUT2D eigenvalue weighted by molar-refractivity contribution is 6.30. The van der Waals surface area contributed by atoms with Crippen LogP contribution in [0.3, 0.4) is 0 Å². The Kier molecular flexibility index (Phi) is 5.50. The Labute approximate surface area is 121 Å². The SMILES string of the molecule is Cl.NC1CCN(Cc2cc(Cl)cc(C(F)(F)F)c2)C1. The Balaban J connectivity index is 0.00000180. The summed E-state index contributed by atoms with van der Waals surface area (Å²) in [4.78, 5) is 2.04. The summed E-state index contributed by atoms with van der Waals surface area (Å²) in [5, 5.41) is 0.114. The fourth-order valence-corrected chi connectivity index (χ4v) is 2.43. The van der Waals surface area contributed by atoms with Gasteiger partial charge in [0.15, 0.2) is 0 Å². The lowest BCUT2D eigenvalue weighted by Gasteiger charge is -2.16. The lowest BCUT2D eigenvalue weighted by molar-refractivity contribution is -0.137. The van der Waals surface area contributed by atoms with Crippen molar-refractivity contribution in [3.63, 3.8) is 0 Å². The van der Waals surface area contributed by atoms with Gasteiger partial charge in [-0.05, 0) is 30.2 Å². The summed E-state index contributed by atoms with van der Waals surface area (Å²) in [6, 6.07) is 3.78. The fourth-order valence-electron chi connectivity index (χ4n) is 2.17. The van der Waals surface area contributed by atoms with E-state index in [2.05, 4.69) is 0 Å². The smallest absolute Gasteiger partial charge is 0.326 e. The van der Waals surface area contributed by atoms with Gasteiger partial charge in [-0.2, -0.15) is 13.2 Å². The van der Waals surface area contributed by atoms with Gasteiger partial charge in [0.25, 0.3) is 0 Å². The molecule has 1 saturated heterocycles. The van der Waals surface area contributed by atoms with Crippen LogP contribution in [0.25, 0.3) is 0 Å². The Bertz CT molecular complexity index is 437. The van der Waals surface area contributed by atoms with E-state index in [1.54, 1.807) is 6.07 Å². The monoisotopic (exact) mass is 314 g/mol. The van der Waals surface area contributed by atoms with Crippen molar-refractivity contribution in [1.29, 1.82) is 0 Å². The lowest BCUT2D eigenvalue weighted by Crippen LogP contribution is -2.26. The number of nitrogens with zero attached hydrogens (tertiary/aromatic N) is 1. The van der Waals surface area contributed by atoms with Crippen LogP contribution in [0.5, 0.6) is 0 Å². The number of hydrogen-bond donors (Lipinski definition) is 1. The predicted octanol–water partition coefficient (Wildman–Crippen LogP) is 3.31. The molecular weight excluding hydrogens is 300 g/mol. The van der Waals surface area contributed by atoms with Crippen molar-refractivity contribution in [3.8, 4) is 0 Å². The summed E-state index contributed by atoms with van der Waals surface area (Å²) < 4.78 is 37.9. The second kappa shape index (κ2) is 6.31. The average molecular weight is 315 g/mol. The second-order valence-electron chi connectivity index (χ2n) is 4.63. The summed E-state index contributed by atoms with van der Waals surface area (Å²) in [7, 11) is 0. The van der Waals surface area contributed by atoms with Crippen molar-refractivity contribution in [2.75, 3.05) is 13.1 Å². The van der Waals surface area contributed by atoms with Crippen LogP contribution in [0.15, 0.2) is 18.2 Å². The summed E-state index contributed by atoms with van der Waals surface area (Å²) in [6.07, 6.45) is -3.48. The minimum Gasteiger partial charge on any atom is -0.326 e. The van der Waals surface area contributed by atoms with Gasteiger partial charge in [0, 0.05) is 30.7 Å². The van der Waals surface area contributed by atoms with Gasteiger partial charge in [-0.25, -0.2) is 0 Å². The maximum atomic E-state index is 12.6. The maximum Gasteiger partial charge on any atom is 0.416 e. The zero-order chi connectivity index (χ0) is 13.3. The second-order valence-corrected chi connectivity index (χ2v) is 5.07. The van der Waals surface area contributed by atoms with E-state index in [1.807, 2.05) is 4.90 Å². The highest BCUT2D eigenvalue weighted by Gasteiger charge is 2.31. The first kappa shape index (κ1) is 16.6. The molecule has 1 aromatic carbocycles. The normalized spacial score (nSPS) is 20.4. The summed E-state index contributed by atoms with van der Waals surface area (Å²) in [6.45, 7) is 1.99. The molecule has 0 aliphatic carbocycles. The van der Waals surface area contributed by atoms with Gasteiger partial charge in [0.1, 0.15) is 0 Å². The Morgan fingerprint density at radius 2 is 2.00 bits per heavy atom. The molecule has 1 aromatic rings. The van der Waals surface area contributed by atoms with E-state index < -0.39 is 11.7 Å². The molecule has 1 aliphatic heterocycles. The third-order valence-electron chi connectivity index (χ3n) is 3.00. The van der Waals surface area contributed by atoms with Crippen LogP contribution in [-0.4, -0.2) is 24.0 Å². The van der Waals surface area contributed by atoms with Gasteiger partial charge < -0.3 is 5.73 Å². The molecule has 7 heteroatoms. The summed E-state index contributed by atoms with van der Waals surface area (Å²) in [5.41, 5.74) is 5.63. The number of alkyl halides is 3. The molecule has 2 N–H and O–H groups in total. The van der Waals surface area contributed by atoms with Crippen molar-refractivity contribution in [2.24, 2.45) is 5.73 Å². The molecule has 0 spiro atoms. The van der Waals surface area contributed by atoms with Crippen molar-refractivity contribution >= 4 is 24.0 Å². The number of likely N-dealkylation sites (tertiary alicyclic amines) is 1. The van der Waals surface area contributed by atoms with E-state index >= 15 is 0 Å². The van der Waals surface area contributed by atoms with Gasteiger partial charge in [-0.3, -0.25) is 4.90 Å². The molecule has 19 heavy (non-hydrogen) atoms. The Hall–Kier alpha value is -0.490. The molecule has 2 rings (SSSR count). The minimum atomic E-state index is -4.36. The maximum absolute atomic E-state index is 12.6. The molecule has 2 nitrogen and oxygen atoms in total. The van der Waals surface area contributed by atoms with Crippen molar-refractivity contribution in [2.45, 2.75) is 25.2 Å². The van der Waals surface area contributed by atoms with Crippen LogP contribution in [-0.2, 0) is 12.7 Å². The third kappa shape index (κ3) is 4.53. The van der Waals surface area contributed by atoms with Gasteiger partial charge in [-0.1, -0.05) is 11.6 Å². The number of nitrogens with two attached hydrogens (primary N) is 1. The number of benzene rings is 1. The van der Waals surface area contributed by atoms with Crippen molar-refractivity contribution in [3.05, 3.63) is 34.3 Å². The number of hydrogen-bond acceptors (Lipinski definition) is 2. The third-order valence-corrected chi connectivity index (χ3v) is 3.22. The van der Waals surface area contributed by atoms with Crippen molar-refractivity contribution < 1.29 is 13.2 Å². The largest absolute Gasteiger partial charge is 0.416 e. The predicted molar refractivity (Wildman–Crippen MR) is 71.6 cm³/mol. The van der Waals surface area contributed by atoms with E-state index in [-0.39, 0.29) is 23.5 Å². The van der Waals surface area contributed by atoms with E-state index in [9.17, 15) is 13.2 Å². The first-order valence-electron chi connectivity index (χ1n) is 5.69. The van der Waals surface area contributed by atoms with E-state index in [4.69, 9.17) is 17.3 Å². The average Bonchev–Trinajstić information content (AvgIpc) is 2.61. The van der Waals surface area contributed by atoms with E-state index in [0.29, 0.717) is 18.7 Å². The van der Waals surface area contributed by atoms with Crippen LogP contribution in [0.1, 0.15) is 17.5 Å². The topological polar surface area (TPSA) is 29.3 Å². The Morgan fingerprint density at radius 3 is 2.53 bits per heavy atom. The van der Waals surface area contributed by atoms with Crippen LogP contribution in [0.4, 0.5) is 13.2 Å². The molecule has 0 amide bonds. The summed E-state index contributed by atoms with van der Waals surface area (Å²) in [5.74, 6) is 0. The molecule has 1 unspecified atom stereocenters. The molecule has 0 radical (unpaired) electrons.